The molecule has 3 fully saturated rings. The molecule has 0 saturated carbocycles. The first kappa shape index (κ1) is 17.9. The predicted octanol–water partition coefficient (Wildman–Crippen LogP) is 2.24. The van der Waals surface area contributed by atoms with E-state index in [1.165, 1.54) is 0 Å². The van der Waals surface area contributed by atoms with Gasteiger partial charge in [-0.3, -0.25) is 0 Å². The van der Waals surface area contributed by atoms with Crippen molar-refractivity contribution in [2.24, 2.45) is 0 Å². The Morgan fingerprint density at radius 1 is 1.04 bits per heavy atom. The summed E-state index contributed by atoms with van der Waals surface area (Å²) in [6, 6.07) is 8.79. The van der Waals surface area contributed by atoms with Gasteiger partial charge in [0.05, 0.1) is 12.2 Å². The van der Waals surface area contributed by atoms with Crippen LogP contribution in [0.2, 0.25) is 0 Å². The summed E-state index contributed by atoms with van der Waals surface area (Å²) in [5, 5.41) is 0. The van der Waals surface area contributed by atoms with Gasteiger partial charge in [-0.25, -0.2) is 4.79 Å². The maximum Gasteiger partial charge on any atom is 0.338 e. The van der Waals surface area contributed by atoms with Gasteiger partial charge >= 0.3 is 5.97 Å². The van der Waals surface area contributed by atoms with Gasteiger partial charge in [0.1, 0.15) is 18.8 Å². The number of hydrogen-bond donors (Lipinski definition) is 0. The van der Waals surface area contributed by atoms with Crippen molar-refractivity contribution in [2.75, 3.05) is 13.2 Å². The summed E-state index contributed by atoms with van der Waals surface area (Å²) in [6.07, 6.45) is -1.68. The van der Waals surface area contributed by atoms with E-state index in [0.29, 0.717) is 5.56 Å². The average Bonchev–Trinajstić information content (AvgIpc) is 3.07. The fourth-order valence-corrected chi connectivity index (χ4v) is 3.68. The van der Waals surface area contributed by atoms with Gasteiger partial charge in [0.15, 0.2) is 17.7 Å². The fraction of sp³-hybridized carbons (Fsp3) is 0.632. The highest BCUT2D eigenvalue weighted by Crippen LogP contribution is 2.45. The third kappa shape index (κ3) is 3.14. The smallest absolute Gasteiger partial charge is 0.338 e. The second-order valence-electron chi connectivity index (χ2n) is 7.74. The van der Waals surface area contributed by atoms with Crippen molar-refractivity contribution in [2.45, 2.75) is 63.4 Å². The van der Waals surface area contributed by atoms with Gasteiger partial charge in [-0.2, -0.15) is 0 Å². The number of fused-ring (bicyclic) bond motifs is 1. The lowest BCUT2D eigenvalue weighted by Crippen LogP contribution is -2.63. The minimum atomic E-state index is -1.22. The highest BCUT2D eigenvalue weighted by atomic mass is 16.9. The highest BCUT2D eigenvalue weighted by molar-refractivity contribution is 5.89. The summed E-state index contributed by atoms with van der Waals surface area (Å²) in [5.41, 5.74) is 0.445. The summed E-state index contributed by atoms with van der Waals surface area (Å²) >= 11 is 0. The van der Waals surface area contributed by atoms with E-state index in [2.05, 4.69) is 0 Å². The van der Waals surface area contributed by atoms with E-state index in [9.17, 15) is 4.79 Å². The zero-order valence-electron chi connectivity index (χ0n) is 15.4. The van der Waals surface area contributed by atoms with E-state index in [1.54, 1.807) is 38.1 Å². The van der Waals surface area contributed by atoms with Crippen molar-refractivity contribution in [1.29, 1.82) is 0 Å². The second kappa shape index (κ2) is 6.00. The lowest BCUT2D eigenvalue weighted by Gasteiger charge is -2.43. The molecule has 7 heteroatoms. The van der Waals surface area contributed by atoms with Crippen LogP contribution in [0.4, 0.5) is 0 Å². The largest absolute Gasteiger partial charge is 0.450 e. The van der Waals surface area contributed by atoms with Crippen molar-refractivity contribution >= 4 is 5.97 Å². The number of ether oxygens (including phenoxy) is 6. The molecule has 0 N–H and O–H groups in total. The van der Waals surface area contributed by atoms with Crippen molar-refractivity contribution < 1.29 is 33.2 Å². The Morgan fingerprint density at radius 2 is 1.77 bits per heavy atom. The van der Waals surface area contributed by atoms with E-state index in [0.717, 1.165) is 0 Å². The molecule has 1 aromatic rings. The van der Waals surface area contributed by atoms with E-state index in [4.69, 9.17) is 28.4 Å². The van der Waals surface area contributed by atoms with Crippen LogP contribution in [-0.2, 0) is 28.4 Å². The van der Waals surface area contributed by atoms with Crippen LogP contribution in [0.15, 0.2) is 30.3 Å². The maximum absolute atomic E-state index is 12.7. The van der Waals surface area contributed by atoms with Crippen LogP contribution in [0.1, 0.15) is 38.1 Å². The number of carbonyl (C=O) groups is 1. The topological polar surface area (TPSA) is 72.5 Å². The van der Waals surface area contributed by atoms with Gasteiger partial charge in [0.2, 0.25) is 5.79 Å². The third-order valence-corrected chi connectivity index (χ3v) is 4.73. The zero-order valence-corrected chi connectivity index (χ0v) is 15.4. The Kier molecular flexibility index (Phi) is 4.13. The molecule has 1 aromatic carbocycles. The van der Waals surface area contributed by atoms with Crippen molar-refractivity contribution in [1.82, 2.24) is 0 Å². The number of carbonyl (C=O) groups excluding carboxylic acids is 1. The molecule has 4 atom stereocenters. The lowest BCUT2D eigenvalue weighted by atomic mass is 9.97. The SMILES string of the molecule is CC1(C)OC2[C@@H](CO[C@]3(COC(C)(C)O3)[C@H]2OC(=O)c2ccccc2)O1. The summed E-state index contributed by atoms with van der Waals surface area (Å²) in [4.78, 5) is 12.7. The first-order chi connectivity index (χ1) is 12.2. The molecule has 3 heterocycles. The molecule has 3 aliphatic rings. The number of hydrogen-bond acceptors (Lipinski definition) is 7. The Morgan fingerprint density at radius 3 is 2.42 bits per heavy atom. The standard InChI is InChI=1S/C19H24O7/c1-17(2)22-11-19(26-17)15(23-16(20)12-8-6-5-7-9-12)14-13(10-21-19)24-18(3,4)25-14/h5-9,13-15H,10-11H2,1-4H3/t13-,14?,15+,19+/m1/s1. The molecule has 4 rings (SSSR count). The number of esters is 1. The van der Waals surface area contributed by atoms with Gasteiger partial charge in [-0.15, -0.1) is 0 Å². The maximum atomic E-state index is 12.7. The van der Waals surface area contributed by atoms with Gasteiger partial charge < -0.3 is 28.4 Å². The Labute approximate surface area is 152 Å². The van der Waals surface area contributed by atoms with Crippen LogP contribution in [0.3, 0.4) is 0 Å². The van der Waals surface area contributed by atoms with Crippen LogP contribution in [0, 0.1) is 0 Å². The van der Waals surface area contributed by atoms with Crippen LogP contribution >= 0.6 is 0 Å². The van der Waals surface area contributed by atoms with Crippen LogP contribution in [-0.4, -0.2) is 54.9 Å². The van der Waals surface area contributed by atoms with Gasteiger partial charge in [-0.1, -0.05) is 18.2 Å². The molecule has 3 aliphatic heterocycles. The fourth-order valence-electron chi connectivity index (χ4n) is 3.68. The molecule has 142 valence electrons. The Bertz CT molecular complexity index is 684. The van der Waals surface area contributed by atoms with Crippen LogP contribution in [0.5, 0.6) is 0 Å². The monoisotopic (exact) mass is 364 g/mol. The van der Waals surface area contributed by atoms with Gasteiger partial charge in [-0.05, 0) is 39.8 Å². The van der Waals surface area contributed by atoms with E-state index in [1.807, 2.05) is 19.9 Å². The molecule has 1 unspecified atom stereocenters. The molecular weight excluding hydrogens is 340 g/mol. The number of benzene rings is 1. The van der Waals surface area contributed by atoms with E-state index >= 15 is 0 Å². The van der Waals surface area contributed by atoms with Crippen molar-refractivity contribution in [3.8, 4) is 0 Å². The minimum Gasteiger partial charge on any atom is -0.450 e. The van der Waals surface area contributed by atoms with Crippen LogP contribution in [0.25, 0.3) is 0 Å². The second-order valence-corrected chi connectivity index (χ2v) is 7.74. The van der Waals surface area contributed by atoms with E-state index in [-0.39, 0.29) is 19.3 Å². The summed E-state index contributed by atoms with van der Waals surface area (Å²) in [7, 11) is 0. The molecule has 1 spiro atoms. The summed E-state index contributed by atoms with van der Waals surface area (Å²) in [6.45, 7) is 7.65. The molecule has 0 radical (unpaired) electrons. The minimum absolute atomic E-state index is 0.139. The lowest BCUT2D eigenvalue weighted by molar-refractivity contribution is -0.325. The molecular formula is C19H24O7. The van der Waals surface area contributed by atoms with E-state index < -0.39 is 35.5 Å². The quantitative estimate of drug-likeness (QED) is 0.745. The molecule has 0 aliphatic carbocycles. The molecule has 3 saturated heterocycles. The third-order valence-electron chi connectivity index (χ3n) is 4.73. The summed E-state index contributed by atoms with van der Waals surface area (Å²) in [5.74, 6) is -3.34. The molecule has 0 bridgehead atoms. The zero-order chi connectivity index (χ0) is 18.6. The highest BCUT2D eigenvalue weighted by Gasteiger charge is 2.64. The number of rotatable bonds is 2. The molecule has 0 aromatic heterocycles. The molecule has 7 nitrogen and oxygen atoms in total. The average molecular weight is 364 g/mol. The Balaban J connectivity index is 1.64. The molecule has 0 amide bonds. The van der Waals surface area contributed by atoms with Gasteiger partial charge in [0, 0.05) is 0 Å². The Hall–Kier alpha value is -1.51. The van der Waals surface area contributed by atoms with Crippen molar-refractivity contribution in [3.63, 3.8) is 0 Å². The first-order valence-corrected chi connectivity index (χ1v) is 8.80. The first-order valence-electron chi connectivity index (χ1n) is 8.80. The predicted molar refractivity (Wildman–Crippen MR) is 89.3 cm³/mol. The van der Waals surface area contributed by atoms with Crippen molar-refractivity contribution in [3.05, 3.63) is 35.9 Å². The normalized spacial score (nSPS) is 37.5. The molecule has 26 heavy (non-hydrogen) atoms. The van der Waals surface area contributed by atoms with Gasteiger partial charge in [0.25, 0.3) is 0 Å². The summed E-state index contributed by atoms with van der Waals surface area (Å²) < 4.78 is 35.5. The van der Waals surface area contributed by atoms with Crippen LogP contribution < -0.4 is 0 Å².